The van der Waals surface area contributed by atoms with Crippen molar-refractivity contribution in [1.29, 1.82) is 0 Å². The number of nitrogens with one attached hydrogen (secondary N) is 1. The Morgan fingerprint density at radius 1 is 1.52 bits per heavy atom. The SMILES string of the molecule is C[C@@H]1Cc2[nH]nc(C(=O)N(C)OC(C)(C)CO)c2CN1C(=O)O. The van der Waals surface area contributed by atoms with Crippen molar-refractivity contribution in [2.75, 3.05) is 13.7 Å². The molecule has 1 aliphatic heterocycles. The fraction of sp³-hybridized carbons (Fsp3) is 0.643. The van der Waals surface area contributed by atoms with Crippen LogP contribution in [-0.2, 0) is 17.8 Å². The number of carbonyl (C=O) groups is 2. The van der Waals surface area contributed by atoms with Crippen LogP contribution in [0, 0.1) is 0 Å². The van der Waals surface area contributed by atoms with Crippen LogP contribution in [0.2, 0.25) is 0 Å². The van der Waals surface area contributed by atoms with Crippen molar-refractivity contribution in [3.8, 4) is 0 Å². The molecule has 1 aromatic rings. The number of aliphatic hydroxyl groups excluding tert-OH is 1. The summed E-state index contributed by atoms with van der Waals surface area (Å²) in [6.45, 7) is 4.93. The molecule has 9 nitrogen and oxygen atoms in total. The molecule has 1 atom stereocenters. The van der Waals surface area contributed by atoms with Gasteiger partial charge < -0.3 is 15.1 Å². The predicted octanol–water partition coefficient (Wildman–Crippen LogP) is 0.609. The number of hydrogen-bond donors (Lipinski definition) is 3. The molecule has 128 valence electrons. The number of hydroxylamine groups is 2. The highest BCUT2D eigenvalue weighted by Gasteiger charge is 2.34. The standard InChI is InChI=1S/C14H22N4O5/c1-8-5-10-9(6-18(8)13(21)22)11(16-15-10)12(20)17(4)23-14(2,3)7-19/h8,19H,5-7H2,1-4H3,(H,15,16)(H,21,22)/t8-/m1/s1. The third kappa shape index (κ3) is 3.45. The largest absolute Gasteiger partial charge is 0.465 e. The van der Waals surface area contributed by atoms with Crippen molar-refractivity contribution in [3.63, 3.8) is 0 Å². The third-order valence-corrected chi connectivity index (χ3v) is 3.81. The summed E-state index contributed by atoms with van der Waals surface area (Å²) in [4.78, 5) is 30.5. The molecular weight excluding hydrogens is 304 g/mol. The highest BCUT2D eigenvalue weighted by molar-refractivity contribution is 5.93. The number of rotatable bonds is 4. The van der Waals surface area contributed by atoms with E-state index in [1.54, 1.807) is 20.8 Å². The summed E-state index contributed by atoms with van der Waals surface area (Å²) in [5.41, 5.74) is 0.540. The minimum Gasteiger partial charge on any atom is -0.465 e. The number of aromatic nitrogens is 2. The number of hydrogen-bond acceptors (Lipinski definition) is 5. The van der Waals surface area contributed by atoms with Crippen molar-refractivity contribution in [3.05, 3.63) is 17.0 Å². The van der Waals surface area contributed by atoms with Crippen LogP contribution in [0.4, 0.5) is 4.79 Å². The second-order valence-electron chi connectivity index (χ2n) is 6.30. The quantitative estimate of drug-likeness (QED) is 0.698. The number of amides is 2. The Kier molecular flexibility index (Phi) is 4.62. The van der Waals surface area contributed by atoms with Crippen molar-refractivity contribution in [2.45, 2.75) is 45.4 Å². The van der Waals surface area contributed by atoms with Gasteiger partial charge in [0.25, 0.3) is 5.91 Å². The Balaban J connectivity index is 2.23. The van der Waals surface area contributed by atoms with Crippen LogP contribution in [0.15, 0.2) is 0 Å². The lowest BCUT2D eigenvalue weighted by atomic mass is 10.00. The number of aliphatic hydroxyl groups is 1. The van der Waals surface area contributed by atoms with Crippen molar-refractivity contribution in [1.82, 2.24) is 20.2 Å². The van der Waals surface area contributed by atoms with Crippen molar-refractivity contribution < 1.29 is 24.6 Å². The van der Waals surface area contributed by atoms with Crippen LogP contribution in [0.5, 0.6) is 0 Å². The molecule has 2 amide bonds. The zero-order chi connectivity index (χ0) is 17.4. The Morgan fingerprint density at radius 3 is 2.74 bits per heavy atom. The highest BCUT2D eigenvalue weighted by atomic mass is 16.7. The average Bonchev–Trinajstić information content (AvgIpc) is 2.87. The van der Waals surface area contributed by atoms with Gasteiger partial charge in [-0.05, 0) is 20.8 Å². The molecule has 0 bridgehead atoms. The van der Waals surface area contributed by atoms with Gasteiger partial charge in [0, 0.05) is 30.8 Å². The molecule has 0 radical (unpaired) electrons. The van der Waals surface area contributed by atoms with Crippen LogP contribution in [0.3, 0.4) is 0 Å². The summed E-state index contributed by atoms with van der Waals surface area (Å²) < 4.78 is 0. The second kappa shape index (κ2) is 6.17. The summed E-state index contributed by atoms with van der Waals surface area (Å²) in [6.07, 6.45) is -0.567. The highest BCUT2D eigenvalue weighted by Crippen LogP contribution is 2.25. The molecule has 2 rings (SSSR count). The van der Waals surface area contributed by atoms with Gasteiger partial charge in [-0.25, -0.2) is 9.86 Å². The molecule has 1 aromatic heterocycles. The van der Waals surface area contributed by atoms with Gasteiger partial charge >= 0.3 is 6.09 Å². The molecular formula is C14H22N4O5. The molecule has 0 saturated heterocycles. The topological polar surface area (TPSA) is 119 Å². The van der Waals surface area contributed by atoms with Gasteiger partial charge in [0.05, 0.1) is 13.2 Å². The van der Waals surface area contributed by atoms with E-state index in [1.165, 1.54) is 11.9 Å². The molecule has 0 unspecified atom stereocenters. The summed E-state index contributed by atoms with van der Waals surface area (Å²) in [6, 6.07) is -0.189. The minimum absolute atomic E-state index is 0.0979. The maximum Gasteiger partial charge on any atom is 0.407 e. The predicted molar refractivity (Wildman–Crippen MR) is 79.7 cm³/mol. The minimum atomic E-state index is -1.03. The first-order chi connectivity index (χ1) is 10.7. The van der Waals surface area contributed by atoms with Crippen LogP contribution in [-0.4, -0.2) is 67.7 Å². The van der Waals surface area contributed by atoms with Gasteiger partial charge in [0.2, 0.25) is 0 Å². The van der Waals surface area contributed by atoms with Crippen LogP contribution in [0.1, 0.15) is 42.5 Å². The molecule has 2 heterocycles. The smallest absolute Gasteiger partial charge is 0.407 e. The van der Waals surface area contributed by atoms with E-state index in [2.05, 4.69) is 10.2 Å². The maximum atomic E-state index is 12.5. The number of nitrogens with zero attached hydrogens (tertiary/aromatic N) is 3. The van der Waals surface area contributed by atoms with Gasteiger partial charge in [-0.2, -0.15) is 5.10 Å². The number of H-pyrrole nitrogens is 1. The zero-order valence-electron chi connectivity index (χ0n) is 13.7. The normalized spacial score (nSPS) is 17.8. The first-order valence-electron chi connectivity index (χ1n) is 7.30. The number of carboxylic acid groups (broad SMARTS) is 1. The lowest BCUT2D eigenvalue weighted by Crippen LogP contribution is -2.43. The van der Waals surface area contributed by atoms with Crippen molar-refractivity contribution in [2.24, 2.45) is 0 Å². The van der Waals surface area contributed by atoms with E-state index in [9.17, 15) is 19.8 Å². The van der Waals surface area contributed by atoms with Gasteiger partial charge in [-0.1, -0.05) is 0 Å². The summed E-state index contributed by atoms with van der Waals surface area (Å²) >= 11 is 0. The van der Waals surface area contributed by atoms with Crippen LogP contribution in [0.25, 0.3) is 0 Å². The third-order valence-electron chi connectivity index (χ3n) is 3.81. The average molecular weight is 326 g/mol. The molecule has 0 fully saturated rings. The van der Waals surface area contributed by atoms with E-state index in [-0.39, 0.29) is 24.9 Å². The zero-order valence-corrected chi connectivity index (χ0v) is 13.7. The fourth-order valence-electron chi connectivity index (χ4n) is 2.50. The lowest BCUT2D eigenvalue weighted by Gasteiger charge is -2.31. The van der Waals surface area contributed by atoms with E-state index in [0.29, 0.717) is 12.0 Å². The monoisotopic (exact) mass is 326 g/mol. The molecule has 0 aliphatic carbocycles. The Hall–Kier alpha value is -2.13. The molecule has 9 heteroatoms. The molecule has 0 saturated carbocycles. The van der Waals surface area contributed by atoms with Gasteiger partial charge in [-0.3, -0.25) is 14.7 Å². The molecule has 0 spiro atoms. The number of carbonyl (C=O) groups excluding carboxylic acids is 1. The molecule has 23 heavy (non-hydrogen) atoms. The van der Waals surface area contributed by atoms with Gasteiger partial charge in [0.15, 0.2) is 5.69 Å². The number of fused-ring (bicyclic) bond motifs is 1. The summed E-state index contributed by atoms with van der Waals surface area (Å²) in [5, 5.41) is 26.3. The van der Waals surface area contributed by atoms with Crippen molar-refractivity contribution >= 4 is 12.0 Å². The van der Waals surface area contributed by atoms with Gasteiger partial charge in [0.1, 0.15) is 5.60 Å². The second-order valence-corrected chi connectivity index (χ2v) is 6.30. The first kappa shape index (κ1) is 17.2. The van der Waals surface area contributed by atoms with Gasteiger partial charge in [-0.15, -0.1) is 0 Å². The lowest BCUT2D eigenvalue weighted by molar-refractivity contribution is -0.202. The molecule has 0 aromatic carbocycles. The summed E-state index contributed by atoms with van der Waals surface area (Å²) in [7, 11) is 1.43. The maximum absolute atomic E-state index is 12.5. The summed E-state index contributed by atoms with van der Waals surface area (Å²) in [5.74, 6) is -0.496. The van der Waals surface area contributed by atoms with Crippen LogP contribution < -0.4 is 0 Å². The Morgan fingerprint density at radius 2 is 2.17 bits per heavy atom. The van der Waals surface area contributed by atoms with E-state index < -0.39 is 17.6 Å². The number of aromatic amines is 1. The Labute approximate surface area is 133 Å². The first-order valence-corrected chi connectivity index (χ1v) is 7.30. The van der Waals surface area contributed by atoms with Crippen LogP contribution >= 0.6 is 0 Å². The van der Waals surface area contributed by atoms with E-state index in [1.807, 2.05) is 0 Å². The molecule has 1 aliphatic rings. The molecule has 3 N–H and O–H groups in total. The Bertz CT molecular complexity index is 612. The fourth-order valence-corrected chi connectivity index (χ4v) is 2.50. The van der Waals surface area contributed by atoms with E-state index >= 15 is 0 Å². The van der Waals surface area contributed by atoms with E-state index in [4.69, 9.17) is 4.84 Å². The van der Waals surface area contributed by atoms with E-state index in [0.717, 1.165) is 10.8 Å².